The number of amides is 2. The fourth-order valence-corrected chi connectivity index (χ4v) is 4.16. The highest BCUT2D eigenvalue weighted by Gasteiger charge is 2.35. The number of thiophene rings is 1. The van der Waals surface area contributed by atoms with E-state index in [2.05, 4.69) is 0 Å². The van der Waals surface area contributed by atoms with Crippen molar-refractivity contribution in [1.29, 1.82) is 0 Å². The lowest BCUT2D eigenvalue weighted by Gasteiger charge is -2.36. The summed E-state index contributed by atoms with van der Waals surface area (Å²) >= 11 is 7.64. The molecule has 1 aromatic heterocycles. The highest BCUT2D eigenvalue weighted by molar-refractivity contribution is 7.10. The SMILES string of the molecule is CCC(C)N(CC(=O)N(Cc1ccc(F)cc1)Cc1sccc1C)C(=O)C(C)(C)CCl. The maximum Gasteiger partial charge on any atom is 0.242 e. The average Bonchev–Trinajstić information content (AvgIpc) is 3.16. The molecule has 0 radical (unpaired) electrons. The maximum atomic E-state index is 13.4. The van der Waals surface area contributed by atoms with Crippen molar-refractivity contribution in [2.45, 2.75) is 60.2 Å². The van der Waals surface area contributed by atoms with Gasteiger partial charge in [0.15, 0.2) is 0 Å². The van der Waals surface area contributed by atoms with Crippen LogP contribution < -0.4 is 0 Å². The number of hydrogen-bond acceptors (Lipinski definition) is 3. The Labute approximate surface area is 194 Å². The first-order valence-electron chi connectivity index (χ1n) is 10.5. The molecular weight excluding hydrogens is 435 g/mol. The number of rotatable bonds is 10. The molecule has 0 spiro atoms. The summed E-state index contributed by atoms with van der Waals surface area (Å²) < 4.78 is 13.3. The van der Waals surface area contributed by atoms with Gasteiger partial charge in [0.1, 0.15) is 12.4 Å². The zero-order valence-electron chi connectivity index (χ0n) is 19.0. The number of halogens is 2. The van der Waals surface area contributed by atoms with Crippen molar-refractivity contribution in [2.75, 3.05) is 12.4 Å². The standard InChI is InChI=1S/C24H32ClFN2O2S/c1-6-18(3)28(23(30)24(4,5)16-25)15-22(29)27(14-21-17(2)11-12-31-21)13-19-7-9-20(26)10-8-19/h7-12,18H,6,13-16H2,1-5H3. The van der Waals surface area contributed by atoms with Gasteiger partial charge < -0.3 is 9.80 Å². The van der Waals surface area contributed by atoms with Crippen LogP contribution in [0.25, 0.3) is 0 Å². The fourth-order valence-electron chi connectivity index (χ4n) is 3.12. The van der Waals surface area contributed by atoms with Crippen LogP contribution in [0.5, 0.6) is 0 Å². The third kappa shape index (κ3) is 6.78. The molecule has 1 aromatic carbocycles. The summed E-state index contributed by atoms with van der Waals surface area (Å²) in [5.41, 5.74) is 1.21. The van der Waals surface area contributed by atoms with Gasteiger partial charge in [0.25, 0.3) is 0 Å². The van der Waals surface area contributed by atoms with Crippen molar-refractivity contribution < 1.29 is 14.0 Å². The summed E-state index contributed by atoms with van der Waals surface area (Å²) in [6, 6.07) is 8.10. The fraction of sp³-hybridized carbons (Fsp3) is 0.500. The molecule has 1 unspecified atom stereocenters. The molecule has 170 valence electrons. The van der Waals surface area contributed by atoms with E-state index in [0.29, 0.717) is 13.1 Å². The van der Waals surface area contributed by atoms with Gasteiger partial charge in [-0.3, -0.25) is 9.59 Å². The van der Waals surface area contributed by atoms with E-state index in [0.717, 1.165) is 22.4 Å². The molecule has 0 fully saturated rings. The highest BCUT2D eigenvalue weighted by atomic mass is 35.5. The number of carbonyl (C=O) groups is 2. The van der Waals surface area contributed by atoms with E-state index in [1.807, 2.05) is 32.2 Å². The number of aryl methyl sites for hydroxylation is 1. The van der Waals surface area contributed by atoms with Gasteiger partial charge in [-0.1, -0.05) is 19.1 Å². The third-order valence-corrected chi connectivity index (χ3v) is 7.22. The predicted molar refractivity (Wildman–Crippen MR) is 126 cm³/mol. The summed E-state index contributed by atoms with van der Waals surface area (Å²) in [5, 5.41) is 2.00. The van der Waals surface area contributed by atoms with Crippen LogP contribution in [0.2, 0.25) is 0 Å². The van der Waals surface area contributed by atoms with Gasteiger partial charge in [-0.15, -0.1) is 22.9 Å². The van der Waals surface area contributed by atoms with Crippen LogP contribution in [-0.4, -0.2) is 40.1 Å². The predicted octanol–water partition coefficient (Wildman–Crippen LogP) is 5.62. The Hall–Kier alpha value is -1.92. The molecule has 1 atom stereocenters. The summed E-state index contributed by atoms with van der Waals surface area (Å²) in [6.07, 6.45) is 0.735. The van der Waals surface area contributed by atoms with Crippen LogP contribution >= 0.6 is 22.9 Å². The monoisotopic (exact) mass is 466 g/mol. The molecule has 2 aromatic rings. The van der Waals surface area contributed by atoms with Crippen molar-refractivity contribution in [2.24, 2.45) is 5.41 Å². The van der Waals surface area contributed by atoms with E-state index in [9.17, 15) is 14.0 Å². The largest absolute Gasteiger partial charge is 0.332 e. The Bertz CT molecular complexity index is 882. The second-order valence-electron chi connectivity index (χ2n) is 8.61. The van der Waals surface area contributed by atoms with Crippen molar-refractivity contribution in [3.8, 4) is 0 Å². The van der Waals surface area contributed by atoms with Crippen molar-refractivity contribution in [1.82, 2.24) is 9.80 Å². The first-order chi connectivity index (χ1) is 14.6. The lowest BCUT2D eigenvalue weighted by Crippen LogP contribution is -2.51. The molecule has 31 heavy (non-hydrogen) atoms. The van der Waals surface area contributed by atoms with Crippen LogP contribution in [0.4, 0.5) is 4.39 Å². The summed E-state index contributed by atoms with van der Waals surface area (Å²) in [7, 11) is 0. The first kappa shape index (κ1) is 25.3. The van der Waals surface area contributed by atoms with E-state index >= 15 is 0 Å². The van der Waals surface area contributed by atoms with Gasteiger partial charge in [0.2, 0.25) is 11.8 Å². The quantitative estimate of drug-likeness (QED) is 0.426. The Balaban J connectivity index is 2.29. The maximum absolute atomic E-state index is 13.4. The van der Waals surface area contributed by atoms with Gasteiger partial charge >= 0.3 is 0 Å². The Kier molecular flexibility index (Phi) is 9.07. The lowest BCUT2D eigenvalue weighted by molar-refractivity contribution is -0.148. The van der Waals surface area contributed by atoms with E-state index in [-0.39, 0.29) is 36.1 Å². The van der Waals surface area contributed by atoms with Crippen LogP contribution in [0, 0.1) is 18.2 Å². The zero-order chi connectivity index (χ0) is 23.2. The molecule has 0 aliphatic rings. The molecule has 0 N–H and O–H groups in total. The molecule has 0 saturated carbocycles. The minimum absolute atomic E-state index is 0.0141. The van der Waals surface area contributed by atoms with Crippen LogP contribution in [0.1, 0.15) is 50.1 Å². The summed E-state index contributed by atoms with van der Waals surface area (Å²) in [5.74, 6) is -0.399. The van der Waals surface area contributed by atoms with E-state index < -0.39 is 5.41 Å². The second kappa shape index (κ2) is 11.1. The summed E-state index contributed by atoms with van der Waals surface area (Å²) in [4.78, 5) is 31.1. The molecule has 2 amide bonds. The highest BCUT2D eigenvalue weighted by Crippen LogP contribution is 2.24. The van der Waals surface area contributed by atoms with E-state index in [1.54, 1.807) is 47.1 Å². The third-order valence-electron chi connectivity index (χ3n) is 5.54. The lowest BCUT2D eigenvalue weighted by atomic mass is 9.93. The number of carbonyl (C=O) groups excluding carboxylic acids is 2. The number of alkyl halides is 1. The molecule has 4 nitrogen and oxygen atoms in total. The number of nitrogens with zero attached hydrogens (tertiary/aromatic N) is 2. The smallest absolute Gasteiger partial charge is 0.242 e. The second-order valence-corrected chi connectivity index (χ2v) is 9.88. The van der Waals surface area contributed by atoms with Gasteiger partial charge in [0, 0.05) is 23.3 Å². The van der Waals surface area contributed by atoms with Crippen LogP contribution in [0.3, 0.4) is 0 Å². The molecular formula is C24H32ClFN2O2S. The number of hydrogen-bond donors (Lipinski definition) is 0. The topological polar surface area (TPSA) is 40.6 Å². The first-order valence-corrected chi connectivity index (χ1v) is 11.9. The van der Waals surface area contributed by atoms with Crippen molar-refractivity contribution in [3.63, 3.8) is 0 Å². The number of benzene rings is 1. The Morgan fingerprint density at radius 2 is 1.81 bits per heavy atom. The molecule has 0 aliphatic carbocycles. The Morgan fingerprint density at radius 1 is 1.16 bits per heavy atom. The molecule has 0 aliphatic heterocycles. The van der Waals surface area contributed by atoms with Crippen LogP contribution in [0.15, 0.2) is 35.7 Å². The summed E-state index contributed by atoms with van der Waals surface area (Å²) in [6.45, 7) is 10.3. The van der Waals surface area contributed by atoms with Crippen LogP contribution in [-0.2, 0) is 22.7 Å². The van der Waals surface area contributed by atoms with E-state index in [4.69, 9.17) is 11.6 Å². The molecule has 1 heterocycles. The van der Waals surface area contributed by atoms with Gasteiger partial charge in [0.05, 0.1) is 12.0 Å². The van der Waals surface area contributed by atoms with Crippen molar-refractivity contribution >= 4 is 34.8 Å². The van der Waals surface area contributed by atoms with Gasteiger partial charge in [-0.05, 0) is 68.8 Å². The normalized spacial score (nSPS) is 12.5. The minimum atomic E-state index is -0.753. The minimum Gasteiger partial charge on any atom is -0.332 e. The molecule has 2 rings (SSSR count). The van der Waals surface area contributed by atoms with Crippen molar-refractivity contribution in [3.05, 3.63) is 57.5 Å². The molecule has 7 heteroatoms. The molecule has 0 bridgehead atoms. The molecule has 0 saturated heterocycles. The van der Waals surface area contributed by atoms with E-state index in [1.165, 1.54) is 12.1 Å². The Morgan fingerprint density at radius 3 is 2.32 bits per heavy atom. The van der Waals surface area contributed by atoms with Gasteiger partial charge in [-0.25, -0.2) is 4.39 Å². The average molecular weight is 467 g/mol. The zero-order valence-corrected chi connectivity index (χ0v) is 20.5. The van der Waals surface area contributed by atoms with Gasteiger partial charge in [-0.2, -0.15) is 0 Å².